The van der Waals surface area contributed by atoms with Crippen molar-refractivity contribution in [1.29, 1.82) is 0 Å². The van der Waals surface area contributed by atoms with Crippen molar-refractivity contribution in [2.45, 2.75) is 52.4 Å². The Morgan fingerprint density at radius 3 is 0.986 bits per heavy atom. The van der Waals surface area contributed by atoms with Gasteiger partial charge in [-0.1, -0.05) is 175 Å². The van der Waals surface area contributed by atoms with Crippen LogP contribution in [-0.2, 0) is 10.8 Å². The lowest BCUT2D eigenvalue weighted by atomic mass is 9.87. The Labute approximate surface area is 409 Å². The van der Waals surface area contributed by atoms with E-state index in [2.05, 4.69) is 270 Å². The number of furan rings is 2. The summed E-state index contributed by atoms with van der Waals surface area (Å²) in [5, 5.41) is 6.46. The van der Waals surface area contributed by atoms with Crippen molar-refractivity contribution in [3.8, 4) is 22.3 Å². The summed E-state index contributed by atoms with van der Waals surface area (Å²) in [6.45, 7) is 13.5. The molecule has 0 saturated carbocycles. The van der Waals surface area contributed by atoms with E-state index in [0.717, 1.165) is 88.8 Å². The largest absolute Gasteiger partial charge is 0.454 e. The summed E-state index contributed by atoms with van der Waals surface area (Å²) in [5.74, 6) is 0. The average molecular weight is 907 g/mol. The van der Waals surface area contributed by atoms with Crippen LogP contribution in [0.3, 0.4) is 0 Å². The number of nitrogens with zero attached hydrogens (tertiary/aromatic N) is 2. The molecule has 10 aromatic carbocycles. The Morgan fingerprint density at radius 1 is 0.300 bits per heavy atom. The topological polar surface area (TPSA) is 32.8 Å². The second-order valence-corrected chi connectivity index (χ2v) is 20.6. The van der Waals surface area contributed by atoms with E-state index in [1.807, 2.05) is 0 Å². The van der Waals surface area contributed by atoms with Gasteiger partial charge in [0.1, 0.15) is 11.2 Å². The first-order chi connectivity index (χ1) is 33.9. The van der Waals surface area contributed by atoms with Crippen LogP contribution in [0.1, 0.15) is 52.7 Å². The Bertz CT molecular complexity index is 3600. The van der Waals surface area contributed by atoms with E-state index in [4.69, 9.17) is 8.83 Å². The number of hydrogen-bond acceptors (Lipinski definition) is 4. The van der Waals surface area contributed by atoms with E-state index < -0.39 is 0 Å². The first kappa shape index (κ1) is 43.0. The minimum atomic E-state index is 0.0340. The molecule has 0 saturated heterocycles. The summed E-state index contributed by atoms with van der Waals surface area (Å²) in [6.07, 6.45) is 0. The number of rotatable bonds is 8. The van der Waals surface area contributed by atoms with Crippen molar-refractivity contribution in [1.82, 2.24) is 0 Å². The van der Waals surface area contributed by atoms with Gasteiger partial charge in [0.05, 0.1) is 11.4 Å². The average Bonchev–Trinajstić information content (AvgIpc) is 3.94. The standard InChI is InChI=1S/C66H54N2O2/c1-65(2,3)49-27-35-53(36-28-49)67(51-31-23-45(24-32-51)43-15-9-7-10-16-43)59-21-13-19-55-57-39-47-40-58-56-20-14-22-60(64(56)70-62(58)42-48(47)41-61(57)69-63(55)59)68(54-37-29-50(30-38-54)66(4,5)6)52-33-25-46(26-34-52)44-17-11-8-12-18-44/h7-42H,1-6H3. The van der Waals surface area contributed by atoms with Crippen LogP contribution < -0.4 is 9.80 Å². The first-order valence-corrected chi connectivity index (χ1v) is 24.3. The molecule has 12 aromatic rings. The lowest BCUT2D eigenvalue weighted by Gasteiger charge is -2.27. The lowest BCUT2D eigenvalue weighted by Crippen LogP contribution is -2.13. The van der Waals surface area contributed by atoms with E-state index in [-0.39, 0.29) is 10.8 Å². The summed E-state index contributed by atoms with van der Waals surface area (Å²) in [7, 11) is 0. The minimum absolute atomic E-state index is 0.0340. The molecule has 4 heteroatoms. The molecule has 12 rings (SSSR count). The molecule has 0 atom stereocenters. The fourth-order valence-electron chi connectivity index (χ4n) is 10.1. The second kappa shape index (κ2) is 16.7. The van der Waals surface area contributed by atoms with Crippen LogP contribution in [0.4, 0.5) is 34.1 Å². The van der Waals surface area contributed by atoms with Gasteiger partial charge in [-0.15, -0.1) is 0 Å². The van der Waals surface area contributed by atoms with Crippen molar-refractivity contribution in [3.63, 3.8) is 0 Å². The number of anilines is 6. The van der Waals surface area contributed by atoms with Gasteiger partial charge in [-0.2, -0.15) is 0 Å². The molecule has 0 aliphatic rings. The first-order valence-electron chi connectivity index (χ1n) is 24.3. The quantitative estimate of drug-likeness (QED) is 0.152. The van der Waals surface area contributed by atoms with E-state index in [1.165, 1.54) is 33.4 Å². The van der Waals surface area contributed by atoms with Gasteiger partial charge in [0.25, 0.3) is 0 Å². The van der Waals surface area contributed by atoms with Crippen LogP contribution in [0.15, 0.2) is 227 Å². The molecular weight excluding hydrogens is 853 g/mol. The zero-order valence-electron chi connectivity index (χ0n) is 40.5. The zero-order chi connectivity index (χ0) is 47.7. The molecule has 2 heterocycles. The predicted molar refractivity (Wildman–Crippen MR) is 296 cm³/mol. The summed E-state index contributed by atoms with van der Waals surface area (Å²) in [5.41, 5.74) is 16.9. The van der Waals surface area contributed by atoms with Gasteiger partial charge in [0, 0.05) is 44.3 Å². The highest BCUT2D eigenvalue weighted by molar-refractivity contribution is 6.18. The van der Waals surface area contributed by atoms with Gasteiger partial charge in [0.15, 0.2) is 11.2 Å². The van der Waals surface area contributed by atoms with Gasteiger partial charge >= 0.3 is 0 Å². The highest BCUT2D eigenvalue weighted by Crippen LogP contribution is 2.47. The van der Waals surface area contributed by atoms with E-state index in [9.17, 15) is 0 Å². The Morgan fingerprint density at radius 2 is 0.629 bits per heavy atom. The molecule has 0 amide bonds. The molecule has 0 radical (unpaired) electrons. The van der Waals surface area contributed by atoms with Gasteiger partial charge in [-0.25, -0.2) is 0 Å². The van der Waals surface area contributed by atoms with Crippen LogP contribution in [0, 0.1) is 0 Å². The maximum absolute atomic E-state index is 6.99. The van der Waals surface area contributed by atoms with Gasteiger partial charge in [-0.3, -0.25) is 0 Å². The third-order valence-electron chi connectivity index (χ3n) is 14.0. The molecule has 0 bridgehead atoms. The molecule has 0 fully saturated rings. The van der Waals surface area contributed by atoms with Gasteiger partial charge in [0.2, 0.25) is 0 Å². The molecule has 70 heavy (non-hydrogen) atoms. The third kappa shape index (κ3) is 7.66. The van der Waals surface area contributed by atoms with Crippen molar-refractivity contribution in [2.24, 2.45) is 0 Å². The van der Waals surface area contributed by atoms with Gasteiger partial charge < -0.3 is 18.6 Å². The molecule has 0 spiro atoms. The maximum atomic E-state index is 6.99. The molecule has 4 nitrogen and oxygen atoms in total. The summed E-state index contributed by atoms with van der Waals surface area (Å²) in [6, 6.07) is 78.6. The third-order valence-corrected chi connectivity index (χ3v) is 14.0. The minimum Gasteiger partial charge on any atom is -0.454 e. The highest BCUT2D eigenvalue weighted by Gasteiger charge is 2.24. The molecule has 2 aromatic heterocycles. The normalized spacial score (nSPS) is 12.1. The number of hydrogen-bond donors (Lipinski definition) is 0. The number of fused-ring (bicyclic) bond motifs is 7. The van der Waals surface area contributed by atoms with Gasteiger partial charge in [-0.05, 0) is 140 Å². The Hall–Kier alpha value is -8.34. The zero-order valence-corrected chi connectivity index (χ0v) is 40.5. The van der Waals surface area contributed by atoms with E-state index >= 15 is 0 Å². The molecule has 0 aliphatic heterocycles. The van der Waals surface area contributed by atoms with Crippen molar-refractivity contribution in [3.05, 3.63) is 230 Å². The number of para-hydroxylation sites is 2. The summed E-state index contributed by atoms with van der Waals surface area (Å²) < 4.78 is 14.0. The molecule has 0 N–H and O–H groups in total. The Balaban J connectivity index is 0.977. The lowest BCUT2D eigenvalue weighted by molar-refractivity contribution is 0.590. The number of benzene rings is 10. The molecular formula is C66H54N2O2. The summed E-state index contributed by atoms with van der Waals surface area (Å²) >= 11 is 0. The fraction of sp³-hybridized carbons (Fsp3) is 0.121. The molecule has 0 unspecified atom stereocenters. The van der Waals surface area contributed by atoms with Crippen LogP contribution in [0.5, 0.6) is 0 Å². The SMILES string of the molecule is CC(C)(C)c1ccc(N(c2ccc(-c3ccccc3)cc2)c2cccc3c2oc2cc4cc5oc6c(N(c7ccc(-c8ccccc8)cc7)c7ccc(C(C)(C)C)cc7)cccc6c5cc4cc23)cc1. The summed E-state index contributed by atoms with van der Waals surface area (Å²) in [4.78, 5) is 4.64. The smallest absolute Gasteiger partial charge is 0.159 e. The van der Waals surface area contributed by atoms with Crippen LogP contribution in [-0.4, -0.2) is 0 Å². The van der Waals surface area contributed by atoms with E-state index in [0.29, 0.717) is 0 Å². The van der Waals surface area contributed by atoms with Crippen LogP contribution in [0.25, 0.3) is 76.9 Å². The predicted octanol–water partition coefficient (Wildman–Crippen LogP) is 19.5. The maximum Gasteiger partial charge on any atom is 0.159 e. The van der Waals surface area contributed by atoms with E-state index in [1.54, 1.807) is 0 Å². The van der Waals surface area contributed by atoms with Crippen molar-refractivity contribution >= 4 is 88.8 Å². The van der Waals surface area contributed by atoms with Crippen molar-refractivity contribution in [2.75, 3.05) is 9.80 Å². The molecule has 0 aliphatic carbocycles. The monoisotopic (exact) mass is 906 g/mol. The second-order valence-electron chi connectivity index (χ2n) is 20.6. The van der Waals surface area contributed by atoms with Crippen molar-refractivity contribution < 1.29 is 8.83 Å². The van der Waals surface area contributed by atoms with Crippen LogP contribution in [0.2, 0.25) is 0 Å². The molecule has 340 valence electrons. The Kier molecular flexibility index (Phi) is 10.3. The fourth-order valence-corrected chi connectivity index (χ4v) is 10.1. The highest BCUT2D eigenvalue weighted by atomic mass is 16.3. The van der Waals surface area contributed by atoms with Crippen LogP contribution >= 0.6 is 0 Å².